The smallest absolute Gasteiger partial charge is 0.263 e. The number of nitrogens with one attached hydrogen (secondary N) is 1. The van der Waals surface area contributed by atoms with E-state index < -0.39 is 15.9 Å². The highest BCUT2D eigenvalue weighted by atomic mass is 79.9. The van der Waals surface area contributed by atoms with Gasteiger partial charge in [-0.2, -0.15) is 0 Å². The molecular weight excluding hydrogens is 380 g/mol. The van der Waals surface area contributed by atoms with E-state index in [-0.39, 0.29) is 21.2 Å². The number of benzene rings is 2. The van der Waals surface area contributed by atoms with Crippen LogP contribution < -0.4 is 10.5 Å². The number of anilines is 1. The second-order valence-corrected chi connectivity index (χ2v) is 7.01. The standard InChI is InChI=1S/C13H10BrClN2O3S/c14-9-3-1-2-4-12(9)21(19,20)17-11-7-8(13(16)18)5-6-10(11)15/h1-7,17H,(H2,16,18). The number of rotatable bonds is 4. The van der Waals surface area contributed by atoms with Crippen molar-refractivity contribution < 1.29 is 13.2 Å². The van der Waals surface area contributed by atoms with Crippen molar-refractivity contribution in [1.29, 1.82) is 0 Å². The van der Waals surface area contributed by atoms with E-state index in [2.05, 4.69) is 20.7 Å². The van der Waals surface area contributed by atoms with Gasteiger partial charge in [-0.3, -0.25) is 9.52 Å². The molecule has 0 aliphatic heterocycles. The Hall–Kier alpha value is -1.57. The highest BCUT2D eigenvalue weighted by molar-refractivity contribution is 9.10. The summed E-state index contributed by atoms with van der Waals surface area (Å²) in [6, 6.07) is 10.5. The summed E-state index contributed by atoms with van der Waals surface area (Å²) < 4.78 is 27.4. The van der Waals surface area contributed by atoms with Gasteiger partial charge in [0.25, 0.3) is 10.0 Å². The molecule has 0 radical (unpaired) electrons. The van der Waals surface area contributed by atoms with Crippen LogP contribution in [0.15, 0.2) is 51.8 Å². The van der Waals surface area contributed by atoms with E-state index in [4.69, 9.17) is 17.3 Å². The molecule has 110 valence electrons. The minimum absolute atomic E-state index is 0.0607. The minimum atomic E-state index is -3.84. The normalized spacial score (nSPS) is 11.1. The number of sulfonamides is 1. The minimum Gasteiger partial charge on any atom is -0.366 e. The van der Waals surface area contributed by atoms with Crippen molar-refractivity contribution in [2.75, 3.05) is 4.72 Å². The Kier molecular flexibility index (Phi) is 4.55. The Balaban J connectivity index is 2.44. The lowest BCUT2D eigenvalue weighted by molar-refractivity contribution is 0.100. The lowest BCUT2D eigenvalue weighted by atomic mass is 10.2. The molecule has 2 aromatic rings. The van der Waals surface area contributed by atoms with Gasteiger partial charge in [0, 0.05) is 10.0 Å². The maximum absolute atomic E-state index is 12.3. The van der Waals surface area contributed by atoms with Crippen LogP contribution in [0.25, 0.3) is 0 Å². The summed E-state index contributed by atoms with van der Waals surface area (Å²) >= 11 is 9.12. The summed E-state index contributed by atoms with van der Waals surface area (Å²) in [6.45, 7) is 0. The van der Waals surface area contributed by atoms with Gasteiger partial charge in [-0.05, 0) is 46.3 Å². The van der Waals surface area contributed by atoms with Crippen molar-refractivity contribution in [2.45, 2.75) is 4.90 Å². The zero-order chi connectivity index (χ0) is 15.6. The van der Waals surface area contributed by atoms with E-state index >= 15 is 0 Å². The Bertz CT molecular complexity index is 809. The van der Waals surface area contributed by atoms with Gasteiger partial charge in [0.2, 0.25) is 5.91 Å². The van der Waals surface area contributed by atoms with E-state index in [9.17, 15) is 13.2 Å². The molecule has 8 heteroatoms. The Morgan fingerprint density at radius 3 is 2.48 bits per heavy atom. The molecule has 0 bridgehead atoms. The van der Waals surface area contributed by atoms with Gasteiger partial charge < -0.3 is 5.73 Å². The third kappa shape index (κ3) is 3.55. The molecule has 0 unspecified atom stereocenters. The van der Waals surface area contributed by atoms with Gasteiger partial charge >= 0.3 is 0 Å². The molecule has 0 aliphatic carbocycles. The average molecular weight is 390 g/mol. The van der Waals surface area contributed by atoms with E-state index in [0.29, 0.717) is 4.47 Å². The quantitative estimate of drug-likeness (QED) is 0.842. The van der Waals surface area contributed by atoms with Crippen molar-refractivity contribution in [3.05, 3.63) is 57.5 Å². The van der Waals surface area contributed by atoms with Gasteiger partial charge in [0.05, 0.1) is 10.7 Å². The Labute approximate surface area is 135 Å². The SMILES string of the molecule is NC(=O)c1ccc(Cl)c(NS(=O)(=O)c2ccccc2Br)c1. The van der Waals surface area contributed by atoms with Gasteiger partial charge in [0.15, 0.2) is 0 Å². The number of primary amides is 1. The fraction of sp³-hybridized carbons (Fsp3) is 0. The number of halogens is 2. The van der Waals surface area contributed by atoms with Crippen molar-refractivity contribution in [2.24, 2.45) is 5.73 Å². The molecule has 1 amide bonds. The molecule has 0 saturated carbocycles. The first kappa shape index (κ1) is 15.8. The second kappa shape index (κ2) is 6.05. The first-order chi connectivity index (χ1) is 9.81. The van der Waals surface area contributed by atoms with E-state index in [0.717, 1.165) is 0 Å². The van der Waals surface area contributed by atoms with Gasteiger partial charge in [-0.15, -0.1) is 0 Å². The number of hydrogen-bond donors (Lipinski definition) is 2. The molecule has 2 rings (SSSR count). The number of carbonyl (C=O) groups excluding carboxylic acids is 1. The highest BCUT2D eigenvalue weighted by Crippen LogP contribution is 2.28. The maximum atomic E-state index is 12.3. The van der Waals surface area contributed by atoms with Crippen molar-refractivity contribution in [1.82, 2.24) is 0 Å². The molecule has 0 aliphatic rings. The second-order valence-electron chi connectivity index (χ2n) is 4.09. The zero-order valence-electron chi connectivity index (χ0n) is 10.5. The van der Waals surface area contributed by atoms with Crippen molar-refractivity contribution in [3.63, 3.8) is 0 Å². The third-order valence-electron chi connectivity index (χ3n) is 2.62. The first-order valence-electron chi connectivity index (χ1n) is 5.68. The number of nitrogens with two attached hydrogens (primary N) is 1. The lowest BCUT2D eigenvalue weighted by Crippen LogP contribution is -2.15. The lowest BCUT2D eigenvalue weighted by Gasteiger charge is -2.11. The largest absolute Gasteiger partial charge is 0.366 e. The third-order valence-corrected chi connectivity index (χ3v) is 5.33. The maximum Gasteiger partial charge on any atom is 0.263 e. The first-order valence-corrected chi connectivity index (χ1v) is 8.33. The molecule has 2 aromatic carbocycles. The molecular formula is C13H10BrClN2O3S. The Morgan fingerprint density at radius 2 is 1.86 bits per heavy atom. The fourth-order valence-electron chi connectivity index (χ4n) is 1.62. The van der Waals surface area contributed by atoms with Crippen LogP contribution >= 0.6 is 27.5 Å². The number of hydrogen-bond acceptors (Lipinski definition) is 3. The van der Waals surface area contributed by atoms with Gasteiger partial charge in [0.1, 0.15) is 4.90 Å². The highest BCUT2D eigenvalue weighted by Gasteiger charge is 2.19. The van der Waals surface area contributed by atoms with E-state index in [1.807, 2.05) is 0 Å². The summed E-state index contributed by atoms with van der Waals surface area (Å²) in [6.07, 6.45) is 0. The van der Waals surface area contributed by atoms with E-state index in [1.165, 1.54) is 24.3 Å². The Morgan fingerprint density at radius 1 is 1.19 bits per heavy atom. The summed E-state index contributed by atoms with van der Waals surface area (Å²) in [5.41, 5.74) is 5.41. The van der Waals surface area contributed by atoms with Crippen LogP contribution in [0, 0.1) is 0 Å². The van der Waals surface area contributed by atoms with Crippen LogP contribution in [-0.2, 0) is 10.0 Å². The monoisotopic (exact) mass is 388 g/mol. The number of carbonyl (C=O) groups is 1. The predicted molar refractivity (Wildman–Crippen MR) is 84.9 cm³/mol. The van der Waals surface area contributed by atoms with Crippen LogP contribution in [-0.4, -0.2) is 14.3 Å². The molecule has 0 aromatic heterocycles. The van der Waals surface area contributed by atoms with Crippen molar-refractivity contribution in [3.8, 4) is 0 Å². The van der Waals surface area contributed by atoms with Crippen LogP contribution in [0.4, 0.5) is 5.69 Å². The summed E-state index contributed by atoms with van der Waals surface area (Å²) in [7, 11) is -3.84. The van der Waals surface area contributed by atoms with Crippen LogP contribution in [0.2, 0.25) is 5.02 Å². The molecule has 0 spiro atoms. The molecule has 21 heavy (non-hydrogen) atoms. The molecule has 5 nitrogen and oxygen atoms in total. The summed E-state index contributed by atoms with van der Waals surface area (Å²) in [5, 5.41) is 0.163. The van der Waals surface area contributed by atoms with Gasteiger partial charge in [-0.1, -0.05) is 23.7 Å². The van der Waals surface area contributed by atoms with Gasteiger partial charge in [-0.25, -0.2) is 8.42 Å². The summed E-state index contributed by atoms with van der Waals surface area (Å²) in [4.78, 5) is 11.2. The number of amides is 1. The molecule has 0 fully saturated rings. The van der Waals surface area contributed by atoms with Crippen molar-refractivity contribution >= 4 is 49.1 Å². The zero-order valence-corrected chi connectivity index (χ0v) is 13.7. The van der Waals surface area contributed by atoms with Crippen LogP contribution in [0.3, 0.4) is 0 Å². The van der Waals surface area contributed by atoms with E-state index in [1.54, 1.807) is 18.2 Å². The molecule has 0 heterocycles. The predicted octanol–water partition coefficient (Wildman–Crippen LogP) is 3.00. The molecule has 0 saturated heterocycles. The molecule has 0 atom stereocenters. The summed E-state index contributed by atoms with van der Waals surface area (Å²) in [5.74, 6) is -0.673. The molecule has 3 N–H and O–H groups in total. The topological polar surface area (TPSA) is 89.3 Å². The average Bonchev–Trinajstić information content (AvgIpc) is 2.41. The van der Waals surface area contributed by atoms with Crippen LogP contribution in [0.1, 0.15) is 10.4 Å². The fourth-order valence-corrected chi connectivity index (χ4v) is 3.91. The van der Waals surface area contributed by atoms with Crippen LogP contribution in [0.5, 0.6) is 0 Å².